The van der Waals surface area contributed by atoms with E-state index < -0.39 is 0 Å². The van der Waals surface area contributed by atoms with Gasteiger partial charge in [-0.25, -0.2) is 9.78 Å². The number of nitrogens with zero attached hydrogens (tertiary/aromatic N) is 2. The van der Waals surface area contributed by atoms with E-state index in [-0.39, 0.29) is 18.1 Å². The lowest BCUT2D eigenvalue weighted by atomic mass is 10.1. The topological polar surface area (TPSA) is 78.1 Å². The lowest BCUT2D eigenvalue weighted by Crippen LogP contribution is -2.41. The molecule has 0 radical (unpaired) electrons. The Kier molecular flexibility index (Phi) is 5.16. The average Bonchev–Trinajstić information content (AvgIpc) is 2.74. The van der Waals surface area contributed by atoms with Gasteiger partial charge in [0.25, 0.3) is 5.56 Å². The first-order chi connectivity index (χ1) is 14.0. The first-order valence-corrected chi connectivity index (χ1v) is 9.88. The Morgan fingerprint density at radius 1 is 1.21 bits per heavy atom. The molecule has 0 atom stereocenters. The molecule has 0 fully saturated rings. The highest BCUT2D eigenvalue weighted by Gasteiger charge is 2.25. The van der Waals surface area contributed by atoms with Crippen molar-refractivity contribution in [3.05, 3.63) is 81.3 Å². The third-order valence-electron chi connectivity index (χ3n) is 5.29. The molecule has 0 bridgehead atoms. The summed E-state index contributed by atoms with van der Waals surface area (Å²) >= 11 is 0. The minimum Gasteiger partial charge on any atom is -0.320 e. The van der Waals surface area contributed by atoms with Gasteiger partial charge in [0.15, 0.2) is 0 Å². The highest BCUT2D eigenvalue weighted by atomic mass is 16.2. The fraction of sp³-hybridized carbons (Fsp3) is 0.261. The summed E-state index contributed by atoms with van der Waals surface area (Å²) in [5, 5.41) is 2.98. The molecule has 1 aliphatic rings. The molecule has 0 unspecified atom stereocenters. The fourth-order valence-electron chi connectivity index (χ4n) is 3.67. The van der Waals surface area contributed by atoms with E-state index in [1.54, 1.807) is 4.90 Å². The summed E-state index contributed by atoms with van der Waals surface area (Å²) in [6.07, 6.45) is 1.39. The van der Waals surface area contributed by atoms with Crippen molar-refractivity contribution in [2.75, 3.05) is 11.9 Å². The average molecular weight is 388 g/mol. The third kappa shape index (κ3) is 3.92. The van der Waals surface area contributed by atoms with Gasteiger partial charge in [-0.2, -0.15) is 0 Å². The van der Waals surface area contributed by atoms with Crippen LogP contribution in [-0.4, -0.2) is 27.4 Å². The number of urea groups is 1. The van der Waals surface area contributed by atoms with Gasteiger partial charge < -0.3 is 15.2 Å². The molecule has 3 aromatic rings. The van der Waals surface area contributed by atoms with E-state index in [2.05, 4.69) is 22.2 Å². The minimum atomic E-state index is -0.196. The number of carbonyl (C=O) groups is 1. The zero-order valence-corrected chi connectivity index (χ0v) is 16.7. The van der Waals surface area contributed by atoms with Crippen LogP contribution in [0.2, 0.25) is 0 Å². The molecule has 4 rings (SSSR count). The number of para-hydroxylation sites is 1. The second-order valence-electron chi connectivity index (χ2n) is 7.32. The second kappa shape index (κ2) is 7.91. The number of benzene rings is 2. The lowest BCUT2D eigenvalue weighted by molar-refractivity contribution is 0.205. The molecule has 2 aromatic carbocycles. The van der Waals surface area contributed by atoms with Crippen molar-refractivity contribution in [2.45, 2.75) is 33.2 Å². The molecule has 0 saturated carbocycles. The number of amides is 2. The maximum atomic E-state index is 12.8. The molecule has 0 aliphatic carbocycles. The molecule has 2 N–H and O–H groups in total. The van der Waals surface area contributed by atoms with E-state index in [1.165, 1.54) is 0 Å². The molecule has 148 valence electrons. The maximum absolute atomic E-state index is 12.8. The molecular weight excluding hydrogens is 364 g/mol. The summed E-state index contributed by atoms with van der Waals surface area (Å²) < 4.78 is 0. The van der Waals surface area contributed by atoms with E-state index in [0.29, 0.717) is 24.4 Å². The number of rotatable bonds is 3. The van der Waals surface area contributed by atoms with Crippen LogP contribution in [0.4, 0.5) is 10.5 Å². The molecular formula is C23H24N4O2. The van der Waals surface area contributed by atoms with Crippen LogP contribution in [0.5, 0.6) is 0 Å². The van der Waals surface area contributed by atoms with Gasteiger partial charge >= 0.3 is 6.03 Å². The highest BCUT2D eigenvalue weighted by Crippen LogP contribution is 2.21. The van der Waals surface area contributed by atoms with Crippen LogP contribution in [0.15, 0.2) is 53.3 Å². The van der Waals surface area contributed by atoms with Crippen molar-refractivity contribution < 1.29 is 4.79 Å². The number of H-pyrrole nitrogens is 1. The number of fused-ring (bicyclic) bond motifs is 1. The molecule has 0 saturated heterocycles. The smallest absolute Gasteiger partial charge is 0.320 e. The molecule has 29 heavy (non-hydrogen) atoms. The first-order valence-electron chi connectivity index (χ1n) is 9.88. The largest absolute Gasteiger partial charge is 0.322 e. The van der Waals surface area contributed by atoms with Crippen molar-refractivity contribution in [3.8, 4) is 11.4 Å². The van der Waals surface area contributed by atoms with Gasteiger partial charge in [0.2, 0.25) is 0 Å². The molecule has 6 nitrogen and oxygen atoms in total. The summed E-state index contributed by atoms with van der Waals surface area (Å²) in [7, 11) is 0. The Morgan fingerprint density at radius 3 is 2.83 bits per heavy atom. The fourth-order valence-corrected chi connectivity index (χ4v) is 3.67. The van der Waals surface area contributed by atoms with Crippen molar-refractivity contribution in [3.63, 3.8) is 0 Å². The number of hydrogen-bond donors (Lipinski definition) is 2. The van der Waals surface area contributed by atoms with Crippen molar-refractivity contribution in [1.82, 2.24) is 14.9 Å². The SMILES string of the molecule is CCc1ccccc1NC(=O)N1CCc2nc(-c3cccc(C)c3)[nH]c(=O)c2C1. The summed E-state index contributed by atoms with van der Waals surface area (Å²) in [6.45, 7) is 4.84. The molecule has 0 spiro atoms. The monoisotopic (exact) mass is 388 g/mol. The Hall–Kier alpha value is -3.41. The molecule has 1 aromatic heterocycles. The standard InChI is InChI=1S/C23H24N4O2/c1-3-16-8-4-5-10-19(16)25-23(29)27-12-11-20-18(14-27)22(28)26-21(24-20)17-9-6-7-15(2)13-17/h4-10,13H,3,11-12,14H2,1-2H3,(H,25,29)(H,24,26,28). The second-order valence-corrected chi connectivity index (χ2v) is 7.32. The number of nitrogens with one attached hydrogen (secondary N) is 2. The Morgan fingerprint density at radius 2 is 2.03 bits per heavy atom. The molecule has 1 aliphatic heterocycles. The summed E-state index contributed by atoms with van der Waals surface area (Å²) in [5.41, 5.74) is 5.04. The van der Waals surface area contributed by atoms with Crippen molar-refractivity contribution in [2.24, 2.45) is 0 Å². The summed E-state index contributed by atoms with van der Waals surface area (Å²) in [5.74, 6) is 0.576. The van der Waals surface area contributed by atoms with Gasteiger partial charge in [0, 0.05) is 24.2 Å². The summed E-state index contributed by atoms with van der Waals surface area (Å²) in [4.78, 5) is 34.7. The zero-order valence-electron chi connectivity index (χ0n) is 16.7. The number of aryl methyl sites for hydroxylation is 2. The number of anilines is 1. The van der Waals surface area contributed by atoms with Crippen LogP contribution in [0.3, 0.4) is 0 Å². The number of carbonyl (C=O) groups excluding carboxylic acids is 1. The van der Waals surface area contributed by atoms with Crippen LogP contribution in [0, 0.1) is 6.92 Å². The van der Waals surface area contributed by atoms with Crippen molar-refractivity contribution >= 4 is 11.7 Å². The van der Waals surface area contributed by atoms with E-state index >= 15 is 0 Å². The highest BCUT2D eigenvalue weighted by molar-refractivity contribution is 5.90. The Bertz CT molecular complexity index is 1120. The van der Waals surface area contributed by atoms with Gasteiger partial charge in [-0.3, -0.25) is 4.79 Å². The molecule has 2 amide bonds. The quantitative estimate of drug-likeness (QED) is 0.714. The maximum Gasteiger partial charge on any atom is 0.322 e. The number of aromatic amines is 1. The number of aromatic nitrogens is 2. The van der Waals surface area contributed by atoms with Crippen LogP contribution in [0.25, 0.3) is 11.4 Å². The van der Waals surface area contributed by atoms with Crippen molar-refractivity contribution in [1.29, 1.82) is 0 Å². The predicted molar refractivity (Wildman–Crippen MR) is 114 cm³/mol. The van der Waals surface area contributed by atoms with Gasteiger partial charge in [-0.1, -0.05) is 48.9 Å². The Balaban J connectivity index is 1.56. The minimum absolute atomic E-state index is 0.182. The van der Waals surface area contributed by atoms with Crippen LogP contribution in [-0.2, 0) is 19.4 Å². The van der Waals surface area contributed by atoms with Crippen LogP contribution >= 0.6 is 0 Å². The van der Waals surface area contributed by atoms with Gasteiger partial charge in [0.05, 0.1) is 17.8 Å². The Labute approximate surface area is 169 Å². The molecule has 6 heteroatoms. The van der Waals surface area contributed by atoms with Gasteiger partial charge in [-0.15, -0.1) is 0 Å². The van der Waals surface area contributed by atoms with E-state index in [9.17, 15) is 9.59 Å². The van der Waals surface area contributed by atoms with E-state index in [4.69, 9.17) is 0 Å². The third-order valence-corrected chi connectivity index (χ3v) is 5.29. The van der Waals surface area contributed by atoms with E-state index in [1.807, 2.05) is 55.5 Å². The van der Waals surface area contributed by atoms with Gasteiger partial charge in [-0.05, 0) is 31.0 Å². The lowest BCUT2D eigenvalue weighted by Gasteiger charge is -2.28. The van der Waals surface area contributed by atoms with Gasteiger partial charge in [0.1, 0.15) is 5.82 Å². The zero-order chi connectivity index (χ0) is 20.4. The summed E-state index contributed by atoms with van der Waals surface area (Å²) in [6, 6.07) is 15.5. The van der Waals surface area contributed by atoms with Crippen LogP contribution < -0.4 is 10.9 Å². The molecule has 2 heterocycles. The van der Waals surface area contributed by atoms with E-state index in [0.717, 1.165) is 34.5 Å². The van der Waals surface area contributed by atoms with Crippen LogP contribution in [0.1, 0.15) is 29.3 Å². The number of hydrogen-bond acceptors (Lipinski definition) is 3. The normalized spacial score (nSPS) is 13.1. The predicted octanol–water partition coefficient (Wildman–Crippen LogP) is 3.90. The first kappa shape index (κ1) is 18.9.